The summed E-state index contributed by atoms with van der Waals surface area (Å²) in [5.74, 6) is -0.0659. The van der Waals surface area contributed by atoms with Crippen LogP contribution in [0.5, 0.6) is 0 Å². The fourth-order valence-electron chi connectivity index (χ4n) is 1.58. The van der Waals surface area contributed by atoms with Crippen molar-refractivity contribution in [3.05, 3.63) is 0 Å². The van der Waals surface area contributed by atoms with Gasteiger partial charge in [-0.25, -0.2) is 0 Å². The van der Waals surface area contributed by atoms with E-state index in [1.807, 2.05) is 6.92 Å². The molecule has 0 aromatic rings. The van der Waals surface area contributed by atoms with Crippen LogP contribution in [0.25, 0.3) is 0 Å². The SMILES string of the molecule is CCCCCCCCC(=O)OCCC(C)OC. The summed E-state index contributed by atoms with van der Waals surface area (Å²) in [5.41, 5.74) is 0. The van der Waals surface area contributed by atoms with E-state index in [2.05, 4.69) is 6.92 Å². The van der Waals surface area contributed by atoms with E-state index in [-0.39, 0.29) is 12.1 Å². The van der Waals surface area contributed by atoms with Crippen LogP contribution in [0.15, 0.2) is 0 Å². The molecular weight excluding hydrogens is 216 g/mol. The van der Waals surface area contributed by atoms with Crippen molar-refractivity contribution in [3.63, 3.8) is 0 Å². The van der Waals surface area contributed by atoms with Gasteiger partial charge in [-0.1, -0.05) is 39.0 Å². The Labute approximate surface area is 106 Å². The van der Waals surface area contributed by atoms with E-state index in [9.17, 15) is 4.79 Å². The van der Waals surface area contributed by atoms with Gasteiger partial charge < -0.3 is 9.47 Å². The highest BCUT2D eigenvalue weighted by atomic mass is 16.5. The van der Waals surface area contributed by atoms with Crippen LogP contribution in [0, 0.1) is 0 Å². The van der Waals surface area contributed by atoms with E-state index in [0.717, 1.165) is 19.3 Å². The highest BCUT2D eigenvalue weighted by Crippen LogP contribution is 2.07. The van der Waals surface area contributed by atoms with Crippen LogP contribution in [-0.2, 0) is 14.3 Å². The summed E-state index contributed by atoms with van der Waals surface area (Å²) in [4.78, 5) is 11.3. The predicted molar refractivity (Wildman–Crippen MR) is 70.0 cm³/mol. The summed E-state index contributed by atoms with van der Waals surface area (Å²) >= 11 is 0. The van der Waals surface area contributed by atoms with Gasteiger partial charge in [0.2, 0.25) is 0 Å². The Bertz CT molecular complexity index is 180. The lowest BCUT2D eigenvalue weighted by Gasteiger charge is -2.09. The van der Waals surface area contributed by atoms with Gasteiger partial charge in [0.25, 0.3) is 0 Å². The van der Waals surface area contributed by atoms with Gasteiger partial charge in [0.1, 0.15) is 0 Å². The van der Waals surface area contributed by atoms with E-state index < -0.39 is 0 Å². The number of esters is 1. The van der Waals surface area contributed by atoms with E-state index in [1.165, 1.54) is 25.7 Å². The number of rotatable bonds is 11. The second-order valence-corrected chi connectivity index (χ2v) is 4.57. The average molecular weight is 244 g/mol. The highest BCUT2D eigenvalue weighted by molar-refractivity contribution is 5.69. The van der Waals surface area contributed by atoms with E-state index in [4.69, 9.17) is 9.47 Å². The molecule has 0 fully saturated rings. The van der Waals surface area contributed by atoms with Gasteiger partial charge in [-0.05, 0) is 13.3 Å². The summed E-state index contributed by atoms with van der Waals surface area (Å²) < 4.78 is 10.2. The highest BCUT2D eigenvalue weighted by Gasteiger charge is 2.04. The summed E-state index contributed by atoms with van der Waals surface area (Å²) in [6.45, 7) is 4.66. The Morgan fingerprint density at radius 2 is 1.76 bits per heavy atom. The van der Waals surface area contributed by atoms with Crippen LogP contribution in [0.2, 0.25) is 0 Å². The Morgan fingerprint density at radius 3 is 2.41 bits per heavy atom. The molecule has 17 heavy (non-hydrogen) atoms. The number of carbonyl (C=O) groups excluding carboxylic acids is 1. The normalized spacial score (nSPS) is 12.4. The van der Waals surface area contributed by atoms with Crippen LogP contribution in [0.1, 0.15) is 65.2 Å². The Kier molecular flexibility index (Phi) is 11.5. The van der Waals surface area contributed by atoms with Crippen LogP contribution >= 0.6 is 0 Å². The topological polar surface area (TPSA) is 35.5 Å². The lowest BCUT2D eigenvalue weighted by atomic mass is 10.1. The Balaban J connectivity index is 3.23. The van der Waals surface area contributed by atoms with Gasteiger partial charge in [0.05, 0.1) is 12.7 Å². The molecule has 0 aromatic heterocycles. The molecule has 3 nitrogen and oxygen atoms in total. The zero-order chi connectivity index (χ0) is 12.9. The standard InChI is InChI=1S/C14H28O3/c1-4-5-6-7-8-9-10-14(15)17-12-11-13(2)16-3/h13H,4-12H2,1-3H3. The fraction of sp³-hybridized carbons (Fsp3) is 0.929. The van der Waals surface area contributed by atoms with Gasteiger partial charge in [-0.15, -0.1) is 0 Å². The molecule has 3 heteroatoms. The first kappa shape index (κ1) is 16.4. The molecule has 0 bridgehead atoms. The summed E-state index contributed by atoms with van der Waals surface area (Å²) in [6, 6.07) is 0. The minimum absolute atomic E-state index is 0.0659. The average Bonchev–Trinajstić information content (AvgIpc) is 2.33. The molecule has 0 aliphatic rings. The Morgan fingerprint density at radius 1 is 1.12 bits per heavy atom. The van der Waals surface area contributed by atoms with Gasteiger partial charge in [-0.3, -0.25) is 4.79 Å². The summed E-state index contributed by atoms with van der Waals surface area (Å²) in [5, 5.41) is 0. The van der Waals surface area contributed by atoms with Crippen molar-refractivity contribution in [3.8, 4) is 0 Å². The maximum atomic E-state index is 11.3. The molecule has 0 aliphatic heterocycles. The second-order valence-electron chi connectivity index (χ2n) is 4.57. The van der Waals surface area contributed by atoms with Crippen molar-refractivity contribution in [2.75, 3.05) is 13.7 Å². The number of hydrogen-bond donors (Lipinski definition) is 0. The molecule has 0 aromatic carbocycles. The molecule has 102 valence electrons. The lowest BCUT2D eigenvalue weighted by Crippen LogP contribution is -2.12. The minimum Gasteiger partial charge on any atom is -0.466 e. The lowest BCUT2D eigenvalue weighted by molar-refractivity contribution is -0.144. The molecular formula is C14H28O3. The third-order valence-corrected chi connectivity index (χ3v) is 2.92. The van der Waals surface area contributed by atoms with Gasteiger partial charge >= 0.3 is 5.97 Å². The smallest absolute Gasteiger partial charge is 0.305 e. The van der Waals surface area contributed by atoms with Gasteiger partial charge in [0, 0.05) is 20.0 Å². The maximum absolute atomic E-state index is 11.3. The first-order valence-electron chi connectivity index (χ1n) is 6.89. The first-order valence-corrected chi connectivity index (χ1v) is 6.89. The van der Waals surface area contributed by atoms with Crippen LogP contribution < -0.4 is 0 Å². The number of hydrogen-bond acceptors (Lipinski definition) is 3. The molecule has 1 unspecified atom stereocenters. The molecule has 0 aliphatic carbocycles. The number of carbonyl (C=O) groups is 1. The van der Waals surface area contributed by atoms with Crippen molar-refractivity contribution in [2.24, 2.45) is 0 Å². The van der Waals surface area contributed by atoms with E-state index >= 15 is 0 Å². The van der Waals surface area contributed by atoms with Crippen molar-refractivity contribution in [1.29, 1.82) is 0 Å². The molecule has 0 heterocycles. The number of methoxy groups -OCH3 is 1. The maximum Gasteiger partial charge on any atom is 0.305 e. The zero-order valence-electron chi connectivity index (χ0n) is 11.7. The number of ether oxygens (including phenoxy) is 2. The van der Waals surface area contributed by atoms with Crippen molar-refractivity contribution in [1.82, 2.24) is 0 Å². The zero-order valence-corrected chi connectivity index (χ0v) is 11.7. The quantitative estimate of drug-likeness (QED) is 0.410. The monoisotopic (exact) mass is 244 g/mol. The van der Waals surface area contributed by atoms with Crippen molar-refractivity contribution in [2.45, 2.75) is 71.3 Å². The number of unbranched alkanes of at least 4 members (excludes halogenated alkanes) is 5. The summed E-state index contributed by atoms with van der Waals surface area (Å²) in [6.07, 6.45) is 8.70. The molecule has 1 atom stereocenters. The van der Waals surface area contributed by atoms with Crippen LogP contribution in [0.3, 0.4) is 0 Å². The fourth-order valence-corrected chi connectivity index (χ4v) is 1.58. The molecule has 0 rings (SSSR count). The Hall–Kier alpha value is -0.570. The molecule has 0 amide bonds. The summed E-state index contributed by atoms with van der Waals surface area (Å²) in [7, 11) is 1.67. The van der Waals surface area contributed by atoms with E-state index in [0.29, 0.717) is 13.0 Å². The first-order chi connectivity index (χ1) is 8.20. The minimum atomic E-state index is -0.0659. The van der Waals surface area contributed by atoms with Crippen molar-refractivity contribution < 1.29 is 14.3 Å². The molecule has 0 N–H and O–H groups in total. The third-order valence-electron chi connectivity index (χ3n) is 2.92. The van der Waals surface area contributed by atoms with Gasteiger partial charge in [0.15, 0.2) is 0 Å². The van der Waals surface area contributed by atoms with Crippen LogP contribution in [-0.4, -0.2) is 25.8 Å². The van der Waals surface area contributed by atoms with E-state index in [1.54, 1.807) is 7.11 Å². The largest absolute Gasteiger partial charge is 0.466 e. The molecule has 0 radical (unpaired) electrons. The molecule has 0 spiro atoms. The van der Waals surface area contributed by atoms with Gasteiger partial charge in [-0.2, -0.15) is 0 Å². The predicted octanol–water partition coefficient (Wildman–Crippen LogP) is 3.71. The third kappa shape index (κ3) is 11.7. The van der Waals surface area contributed by atoms with Crippen molar-refractivity contribution >= 4 is 5.97 Å². The molecule has 0 saturated carbocycles. The molecule has 0 saturated heterocycles. The van der Waals surface area contributed by atoms with Crippen LogP contribution in [0.4, 0.5) is 0 Å². The second kappa shape index (κ2) is 11.9.